The maximum absolute atomic E-state index is 13.0. The smallest absolute Gasteiger partial charge is 0.416 e. The second-order valence-corrected chi connectivity index (χ2v) is 8.37. The number of sulfonamides is 1. The van der Waals surface area contributed by atoms with Crippen LogP contribution < -0.4 is 9.46 Å². The zero-order valence-electron chi connectivity index (χ0n) is 16.4. The van der Waals surface area contributed by atoms with Gasteiger partial charge in [-0.25, -0.2) is 13.1 Å². The molecule has 2 aromatic carbocycles. The number of hydrogen-bond donors (Lipinski definition) is 1. The van der Waals surface area contributed by atoms with Crippen molar-refractivity contribution in [2.45, 2.75) is 30.7 Å². The molecule has 5 nitrogen and oxygen atoms in total. The normalized spacial score (nSPS) is 12.8. The molecule has 0 saturated heterocycles. The largest absolute Gasteiger partial charge is 0.492 e. The Bertz CT molecular complexity index is 1210. The van der Waals surface area contributed by atoms with Crippen LogP contribution in [0.4, 0.5) is 26.3 Å². The molecule has 0 aliphatic rings. The summed E-state index contributed by atoms with van der Waals surface area (Å²) in [5.74, 6) is 0.328. The van der Waals surface area contributed by atoms with Gasteiger partial charge in [0.1, 0.15) is 11.3 Å². The molecule has 0 unspecified atom stereocenters. The number of pyridine rings is 1. The second-order valence-electron chi connectivity index (χ2n) is 6.63. The van der Waals surface area contributed by atoms with Crippen molar-refractivity contribution in [1.82, 2.24) is 9.71 Å². The summed E-state index contributed by atoms with van der Waals surface area (Å²) < 4.78 is 111. The average Bonchev–Trinajstić information content (AvgIpc) is 2.71. The fourth-order valence-corrected chi connectivity index (χ4v) is 4.22. The van der Waals surface area contributed by atoms with Gasteiger partial charge in [-0.1, -0.05) is 0 Å². The lowest BCUT2D eigenvalue weighted by Crippen LogP contribution is -2.24. The number of rotatable bonds is 6. The van der Waals surface area contributed by atoms with Crippen LogP contribution in [0.5, 0.6) is 5.75 Å². The topological polar surface area (TPSA) is 68.3 Å². The predicted octanol–water partition coefficient (Wildman–Crippen LogP) is 5.15. The monoisotopic (exact) mass is 478 g/mol. The summed E-state index contributed by atoms with van der Waals surface area (Å²) in [6.07, 6.45) is -8.65. The highest BCUT2D eigenvalue weighted by Crippen LogP contribution is 2.36. The first kappa shape index (κ1) is 23.8. The third-order valence-electron chi connectivity index (χ3n) is 4.40. The lowest BCUT2D eigenvalue weighted by Gasteiger charge is -2.15. The number of ether oxygens (including phenoxy) is 1. The van der Waals surface area contributed by atoms with E-state index in [0.717, 1.165) is 0 Å². The summed E-state index contributed by atoms with van der Waals surface area (Å²) in [5, 5.41) is 0.186. The van der Waals surface area contributed by atoms with E-state index in [1.807, 2.05) is 0 Å². The third kappa shape index (κ3) is 5.13. The van der Waals surface area contributed by atoms with Gasteiger partial charge in [0.2, 0.25) is 10.0 Å². The van der Waals surface area contributed by atoms with Crippen molar-refractivity contribution in [3.63, 3.8) is 0 Å². The quantitative estimate of drug-likeness (QED) is 0.498. The molecule has 12 heteroatoms. The van der Waals surface area contributed by atoms with Crippen LogP contribution in [0.3, 0.4) is 0 Å². The molecule has 0 radical (unpaired) electrons. The Balaban J connectivity index is 1.98. The molecule has 3 rings (SSSR count). The standard InChI is InChI=1S/C20H16F6N2O3S/c1-2-31-16-5-6-17(15-4-3-7-27-18(15)16)32(29,30)28-11-12-8-13(19(21,22)23)10-14(9-12)20(24,25)26/h3-10,28H,2,11H2,1H3. The van der Waals surface area contributed by atoms with E-state index in [1.54, 1.807) is 6.92 Å². The predicted molar refractivity (Wildman–Crippen MR) is 103 cm³/mol. The Hall–Kier alpha value is -2.86. The summed E-state index contributed by atoms with van der Waals surface area (Å²) in [4.78, 5) is 3.86. The summed E-state index contributed by atoms with van der Waals surface area (Å²) in [7, 11) is -4.32. The molecule has 0 aliphatic carbocycles. The molecule has 172 valence electrons. The van der Waals surface area contributed by atoms with Crippen molar-refractivity contribution in [1.29, 1.82) is 0 Å². The Morgan fingerprint density at radius 1 is 0.969 bits per heavy atom. The van der Waals surface area contributed by atoms with Gasteiger partial charge in [0.25, 0.3) is 0 Å². The van der Waals surface area contributed by atoms with Crippen LogP contribution in [0.1, 0.15) is 23.6 Å². The van der Waals surface area contributed by atoms with Crippen LogP contribution in [0, 0.1) is 0 Å². The van der Waals surface area contributed by atoms with Crippen LogP contribution in [0.15, 0.2) is 53.6 Å². The van der Waals surface area contributed by atoms with Crippen molar-refractivity contribution in [2.24, 2.45) is 0 Å². The first-order valence-corrected chi connectivity index (χ1v) is 10.6. The van der Waals surface area contributed by atoms with Crippen LogP contribution in [-0.4, -0.2) is 20.0 Å². The number of nitrogens with one attached hydrogen (secondary N) is 1. The number of benzene rings is 2. The van der Waals surface area contributed by atoms with E-state index in [-0.39, 0.29) is 21.9 Å². The SMILES string of the molecule is CCOc1ccc(S(=O)(=O)NCc2cc(C(F)(F)F)cc(C(F)(F)F)c2)c2cccnc12. The molecule has 0 bridgehead atoms. The van der Waals surface area contributed by atoms with Gasteiger partial charge in [-0.2, -0.15) is 26.3 Å². The molecular weight excluding hydrogens is 462 g/mol. The van der Waals surface area contributed by atoms with Crippen molar-refractivity contribution in [2.75, 3.05) is 6.61 Å². The number of aromatic nitrogens is 1. The van der Waals surface area contributed by atoms with Crippen molar-refractivity contribution < 1.29 is 39.5 Å². The number of fused-ring (bicyclic) bond motifs is 1. The van der Waals surface area contributed by atoms with Gasteiger partial charge < -0.3 is 4.74 Å². The molecule has 0 fully saturated rings. The molecule has 0 amide bonds. The zero-order chi connectivity index (χ0) is 23.7. The van der Waals surface area contributed by atoms with Gasteiger partial charge in [-0.15, -0.1) is 0 Å². The highest BCUT2D eigenvalue weighted by atomic mass is 32.2. The molecule has 3 aromatic rings. The highest BCUT2D eigenvalue weighted by molar-refractivity contribution is 7.89. The Labute approximate surface area is 179 Å². The van der Waals surface area contributed by atoms with E-state index < -0.39 is 45.6 Å². The van der Waals surface area contributed by atoms with Crippen LogP contribution in [-0.2, 0) is 28.9 Å². The molecule has 1 aromatic heterocycles. The van der Waals surface area contributed by atoms with Crippen molar-refractivity contribution in [3.05, 3.63) is 65.4 Å². The minimum absolute atomic E-state index is 0.0242. The molecule has 0 spiro atoms. The molecule has 1 heterocycles. The minimum atomic E-state index is -5.04. The molecule has 0 saturated carbocycles. The van der Waals surface area contributed by atoms with E-state index in [0.29, 0.717) is 24.5 Å². The molecule has 0 aliphatic heterocycles. The molecular formula is C20H16F6N2O3S. The first-order chi connectivity index (χ1) is 14.8. The molecule has 32 heavy (non-hydrogen) atoms. The maximum atomic E-state index is 13.0. The molecule has 1 N–H and O–H groups in total. The lowest BCUT2D eigenvalue weighted by atomic mass is 10.0. The van der Waals surface area contributed by atoms with Crippen LogP contribution >= 0.6 is 0 Å². The summed E-state index contributed by atoms with van der Waals surface area (Å²) in [6, 6.07) is 6.46. The van der Waals surface area contributed by atoms with E-state index >= 15 is 0 Å². The maximum Gasteiger partial charge on any atom is 0.416 e. The number of alkyl halides is 6. The van der Waals surface area contributed by atoms with E-state index in [1.165, 1.54) is 30.5 Å². The highest BCUT2D eigenvalue weighted by Gasteiger charge is 2.37. The Morgan fingerprint density at radius 2 is 1.59 bits per heavy atom. The van der Waals surface area contributed by atoms with Crippen molar-refractivity contribution >= 4 is 20.9 Å². The van der Waals surface area contributed by atoms with Crippen LogP contribution in [0.2, 0.25) is 0 Å². The fraction of sp³-hybridized carbons (Fsp3) is 0.250. The van der Waals surface area contributed by atoms with E-state index in [4.69, 9.17) is 4.74 Å². The van der Waals surface area contributed by atoms with Gasteiger partial charge in [0.05, 0.1) is 22.6 Å². The van der Waals surface area contributed by atoms with Gasteiger partial charge >= 0.3 is 12.4 Å². The number of nitrogens with zero attached hydrogens (tertiary/aromatic N) is 1. The van der Waals surface area contributed by atoms with Crippen LogP contribution in [0.25, 0.3) is 10.9 Å². The lowest BCUT2D eigenvalue weighted by molar-refractivity contribution is -0.143. The van der Waals surface area contributed by atoms with Gasteiger partial charge in [0, 0.05) is 18.1 Å². The van der Waals surface area contributed by atoms with Gasteiger partial charge in [-0.3, -0.25) is 4.98 Å². The zero-order valence-corrected chi connectivity index (χ0v) is 17.2. The first-order valence-electron chi connectivity index (χ1n) is 9.11. The Kier molecular flexibility index (Phi) is 6.38. The van der Waals surface area contributed by atoms with Crippen molar-refractivity contribution in [3.8, 4) is 5.75 Å². The second kappa shape index (κ2) is 8.58. The minimum Gasteiger partial charge on any atom is -0.492 e. The summed E-state index contributed by atoms with van der Waals surface area (Å²) in [5.41, 5.74) is -3.31. The number of halogens is 6. The van der Waals surface area contributed by atoms with Gasteiger partial charge in [-0.05, 0) is 55.0 Å². The van der Waals surface area contributed by atoms with Gasteiger partial charge in [0.15, 0.2) is 0 Å². The summed E-state index contributed by atoms with van der Waals surface area (Å²) in [6.45, 7) is 1.24. The number of hydrogen-bond acceptors (Lipinski definition) is 4. The summed E-state index contributed by atoms with van der Waals surface area (Å²) >= 11 is 0. The molecule has 0 atom stereocenters. The van der Waals surface area contributed by atoms with E-state index in [2.05, 4.69) is 9.71 Å². The Morgan fingerprint density at radius 3 is 2.16 bits per heavy atom. The fourth-order valence-electron chi connectivity index (χ4n) is 3.00. The average molecular weight is 478 g/mol. The third-order valence-corrected chi connectivity index (χ3v) is 5.86. The van der Waals surface area contributed by atoms with E-state index in [9.17, 15) is 34.8 Å².